The van der Waals surface area contributed by atoms with Gasteiger partial charge in [-0.1, -0.05) is 30.0 Å². The molecule has 0 aliphatic heterocycles. The van der Waals surface area contributed by atoms with Gasteiger partial charge >= 0.3 is 33.9 Å². The fourth-order valence-corrected chi connectivity index (χ4v) is 1.45. The van der Waals surface area contributed by atoms with Crippen LogP contribution in [0.4, 0.5) is 0 Å². The van der Waals surface area contributed by atoms with Crippen molar-refractivity contribution in [3.8, 4) is 11.8 Å². The van der Waals surface area contributed by atoms with Gasteiger partial charge in [0.05, 0.1) is 5.92 Å². The molecule has 1 aliphatic carbocycles. The largest absolute Gasteiger partial charge is 0 e. The van der Waals surface area contributed by atoms with Crippen LogP contribution in [0, 0.1) is 63.1 Å². The van der Waals surface area contributed by atoms with Crippen LogP contribution in [-0.4, -0.2) is 7.11 Å². The Morgan fingerprint density at radius 1 is 0.913 bits per heavy atom. The van der Waals surface area contributed by atoms with Crippen molar-refractivity contribution in [2.75, 3.05) is 7.11 Å². The Morgan fingerprint density at radius 2 is 1.48 bits per heavy atom. The van der Waals surface area contributed by atoms with E-state index in [1.807, 2.05) is 49.6 Å². The number of rotatable bonds is 1. The van der Waals surface area contributed by atoms with E-state index < -0.39 is 0 Å². The van der Waals surface area contributed by atoms with Gasteiger partial charge in [0, 0.05) is 36.2 Å². The third-order valence-electron chi connectivity index (χ3n) is 2.35. The van der Waals surface area contributed by atoms with E-state index in [0.717, 1.165) is 24.0 Å². The molecule has 1 aliphatic rings. The van der Waals surface area contributed by atoms with Crippen LogP contribution in [0.15, 0.2) is 30.3 Å². The molecule has 0 atom stereocenters. The average Bonchev–Trinajstić information content (AvgIpc) is 2.66. The normalized spacial score (nSPS) is 12.7. The summed E-state index contributed by atoms with van der Waals surface area (Å²) in [6.07, 6.45) is 7.74. The van der Waals surface area contributed by atoms with Crippen molar-refractivity contribution in [1.29, 1.82) is 0 Å². The summed E-state index contributed by atoms with van der Waals surface area (Å²) < 4.78 is 27.6. The number of benzene rings is 1. The van der Waals surface area contributed by atoms with Gasteiger partial charge in [0.25, 0.3) is 0 Å². The van der Waals surface area contributed by atoms with E-state index in [0.29, 0.717) is 0 Å². The zero-order valence-corrected chi connectivity index (χ0v) is 13.5. The predicted octanol–water partition coefficient (Wildman–Crippen LogP) is 2.69. The van der Waals surface area contributed by atoms with Crippen LogP contribution in [0.5, 0.6) is 0 Å². The molecule has 0 unspecified atom stereocenters. The first-order chi connectivity index (χ1) is 10.9. The van der Waals surface area contributed by atoms with Crippen LogP contribution in [0.2, 0.25) is 0 Å². The summed E-state index contributed by atoms with van der Waals surface area (Å²) in [5.74, 6) is 7.42. The van der Waals surface area contributed by atoms with Crippen molar-refractivity contribution in [3.63, 3.8) is 0 Å². The summed E-state index contributed by atoms with van der Waals surface area (Å²) in [6.45, 7) is 13.5. The Bertz CT molecular complexity index is 474. The molecule has 0 N–H and O–H groups in total. The van der Waals surface area contributed by atoms with E-state index in [1.165, 1.54) is 0 Å². The molecule has 1 aromatic rings. The average molecular weight is 348 g/mol. The molecule has 4 nitrogen and oxygen atoms in total. The molecule has 0 saturated heterocycles. The molecular formula is C18H13MnO4. The molecule has 1 saturated carbocycles. The molecule has 2 rings (SSSR count). The van der Waals surface area contributed by atoms with Gasteiger partial charge in [0.15, 0.2) is 0 Å². The molecule has 0 aromatic heterocycles. The molecule has 0 heterocycles. The molecule has 0 bridgehead atoms. The molecule has 0 amide bonds. The van der Waals surface area contributed by atoms with Crippen LogP contribution in [0.25, 0.3) is 0 Å². The molecule has 1 fully saturated rings. The van der Waals surface area contributed by atoms with Crippen molar-refractivity contribution in [2.24, 2.45) is 0 Å². The Labute approximate surface area is 148 Å². The standard InChI is InChI=1S/C15H13O.3CO.Mn/c1-16-15-11-9-14(10-12-15)8-7-13-5-3-2-4-6-13;3*1-2;/h2-6,9,11-12H,10H2,1H3;;;;. The first-order valence-electron chi connectivity index (χ1n) is 5.85. The Hall–Kier alpha value is -1.52. The van der Waals surface area contributed by atoms with Gasteiger partial charge in [0.1, 0.15) is 6.10 Å². The van der Waals surface area contributed by atoms with Gasteiger partial charge in [-0.25, -0.2) is 0 Å². The summed E-state index contributed by atoms with van der Waals surface area (Å²) in [6, 6.07) is 10.0. The molecule has 23 heavy (non-hydrogen) atoms. The second-order valence-electron chi connectivity index (χ2n) is 3.49. The van der Waals surface area contributed by atoms with E-state index in [9.17, 15) is 0 Å². The van der Waals surface area contributed by atoms with Gasteiger partial charge < -0.3 is 4.74 Å². The topological polar surface area (TPSA) is 68.9 Å². The summed E-state index contributed by atoms with van der Waals surface area (Å²) in [5, 5.41) is 0. The van der Waals surface area contributed by atoms with Gasteiger partial charge in [0.2, 0.25) is 0 Å². The van der Waals surface area contributed by atoms with E-state index in [-0.39, 0.29) is 17.1 Å². The quantitative estimate of drug-likeness (QED) is 0.333. The predicted molar refractivity (Wildman–Crippen MR) is 76.1 cm³/mol. The molecule has 1 aromatic carbocycles. The second-order valence-corrected chi connectivity index (χ2v) is 3.49. The first kappa shape index (κ1) is 26.4. The number of hydrogen-bond donors (Lipinski definition) is 0. The van der Waals surface area contributed by atoms with Crippen LogP contribution in [0.3, 0.4) is 0 Å². The van der Waals surface area contributed by atoms with Crippen LogP contribution in [0.1, 0.15) is 12.0 Å². The fraction of sp³-hybridized carbons (Fsp3) is 0.111. The SMILES string of the molecule is CO[C]1[CH][CH][C](C#Cc2ccccc2)C[CH]1.[C-]#[O+].[C-]#[O+].[C-]#[O+].[Mn]. The number of hydrogen-bond acceptors (Lipinski definition) is 1. The van der Waals surface area contributed by atoms with Gasteiger partial charge in [-0.05, 0) is 31.4 Å². The van der Waals surface area contributed by atoms with Gasteiger partial charge in [-0.15, -0.1) is 0 Å². The molecule has 5 heteroatoms. The van der Waals surface area contributed by atoms with Crippen molar-refractivity contribution in [2.45, 2.75) is 6.42 Å². The Morgan fingerprint density at radius 3 is 1.91 bits per heavy atom. The minimum Gasteiger partial charge on any atom is 0 e. The maximum Gasteiger partial charge on any atom is 0 e. The minimum atomic E-state index is 0. The second kappa shape index (κ2) is 20.5. The fourth-order valence-electron chi connectivity index (χ4n) is 1.45. The molecular weight excluding hydrogens is 335 g/mol. The Balaban J connectivity index is -0.000000514. The molecule has 0 spiro atoms. The van der Waals surface area contributed by atoms with Crippen molar-refractivity contribution < 1.29 is 35.8 Å². The van der Waals surface area contributed by atoms with E-state index in [2.05, 4.69) is 31.8 Å². The van der Waals surface area contributed by atoms with Crippen molar-refractivity contribution in [1.82, 2.24) is 0 Å². The number of ether oxygens (including phenoxy) is 1. The summed E-state index contributed by atoms with van der Waals surface area (Å²) in [7, 11) is 1.68. The van der Waals surface area contributed by atoms with Gasteiger partial charge in [-0.2, -0.15) is 0 Å². The van der Waals surface area contributed by atoms with Crippen molar-refractivity contribution >= 4 is 0 Å². The van der Waals surface area contributed by atoms with E-state index in [1.54, 1.807) is 7.11 Å². The summed E-state index contributed by atoms with van der Waals surface area (Å²) in [5.41, 5.74) is 1.05. The first-order valence-corrected chi connectivity index (χ1v) is 5.85. The zero-order valence-electron chi connectivity index (χ0n) is 12.3. The van der Waals surface area contributed by atoms with Crippen molar-refractivity contribution in [3.05, 3.63) is 87.1 Å². The van der Waals surface area contributed by atoms with Crippen LogP contribution >= 0.6 is 0 Å². The van der Waals surface area contributed by atoms with E-state index >= 15 is 0 Å². The van der Waals surface area contributed by atoms with E-state index in [4.69, 9.17) is 18.7 Å². The zero-order chi connectivity index (χ0) is 17.2. The third kappa shape index (κ3) is 12.7. The Kier molecular flexibility index (Phi) is 23.5. The minimum absolute atomic E-state index is 0. The maximum atomic E-state index is 7.50. The smallest absolute Gasteiger partial charge is 0 e. The molecule has 116 valence electrons. The summed E-state index contributed by atoms with van der Waals surface area (Å²) in [4.78, 5) is 0. The monoisotopic (exact) mass is 348 g/mol. The summed E-state index contributed by atoms with van der Waals surface area (Å²) >= 11 is 0. The maximum absolute atomic E-state index is 7.50. The van der Waals surface area contributed by atoms with Gasteiger partial charge in [-0.3, -0.25) is 0 Å². The van der Waals surface area contributed by atoms with Crippen LogP contribution < -0.4 is 0 Å². The van der Waals surface area contributed by atoms with Crippen LogP contribution in [-0.2, 0) is 35.8 Å². The third-order valence-corrected chi connectivity index (χ3v) is 2.35. The molecule has 6 radical (unpaired) electrons. The number of methoxy groups -OCH3 is 1.